The topological polar surface area (TPSA) is 110 Å². The van der Waals surface area contributed by atoms with Gasteiger partial charge in [-0.2, -0.15) is 0 Å². The molecular formula is C10H19NO5. The molecule has 16 heavy (non-hydrogen) atoms. The lowest BCUT2D eigenvalue weighted by molar-refractivity contribution is -0.151. The van der Waals surface area contributed by atoms with Gasteiger partial charge in [0.1, 0.15) is 18.3 Å². The Hall–Kier alpha value is -0.690. The molecule has 0 bridgehead atoms. The summed E-state index contributed by atoms with van der Waals surface area (Å²) in [5.41, 5.74) is 0. The molecule has 0 saturated heterocycles. The van der Waals surface area contributed by atoms with Gasteiger partial charge in [-0.05, 0) is 12.8 Å². The highest BCUT2D eigenvalue weighted by Crippen LogP contribution is 2.20. The third-order valence-electron chi connectivity index (χ3n) is 2.83. The van der Waals surface area contributed by atoms with Crippen molar-refractivity contribution < 1.29 is 25.2 Å². The summed E-state index contributed by atoms with van der Waals surface area (Å²) >= 11 is 0. The van der Waals surface area contributed by atoms with Gasteiger partial charge in [-0.1, -0.05) is 6.92 Å². The first-order chi connectivity index (χ1) is 7.47. The standard InChI is InChI=1S/C10H19NO5/c1-2-3-7(13)11-5-4-6(12)9(15)10(16)8(5)14/h5-6,8-10,12,14-16H,2-4H2,1H3,(H,11,13)/t5-,6+,8-,9-,10-/m0/s1. The van der Waals surface area contributed by atoms with Crippen LogP contribution in [-0.4, -0.2) is 56.8 Å². The van der Waals surface area contributed by atoms with Crippen molar-refractivity contribution in [1.29, 1.82) is 0 Å². The summed E-state index contributed by atoms with van der Waals surface area (Å²) in [6.07, 6.45) is -4.13. The van der Waals surface area contributed by atoms with Crippen molar-refractivity contribution in [3.05, 3.63) is 0 Å². The Morgan fingerprint density at radius 3 is 2.38 bits per heavy atom. The molecule has 5 N–H and O–H groups in total. The van der Waals surface area contributed by atoms with Gasteiger partial charge in [0, 0.05) is 6.42 Å². The minimum absolute atomic E-state index is 0.0366. The van der Waals surface area contributed by atoms with Crippen LogP contribution in [0.5, 0.6) is 0 Å². The molecule has 0 radical (unpaired) electrons. The predicted octanol–water partition coefficient (Wildman–Crippen LogP) is -1.88. The smallest absolute Gasteiger partial charge is 0.220 e. The van der Waals surface area contributed by atoms with Gasteiger partial charge in [-0.25, -0.2) is 0 Å². The molecule has 1 aliphatic carbocycles. The van der Waals surface area contributed by atoms with Gasteiger partial charge in [0.25, 0.3) is 0 Å². The van der Waals surface area contributed by atoms with Gasteiger partial charge in [-0.3, -0.25) is 4.79 Å². The van der Waals surface area contributed by atoms with E-state index < -0.39 is 30.5 Å². The van der Waals surface area contributed by atoms with Crippen LogP contribution in [-0.2, 0) is 4.79 Å². The molecule has 0 spiro atoms. The van der Waals surface area contributed by atoms with E-state index in [0.29, 0.717) is 12.8 Å². The Kier molecular flexibility index (Phi) is 4.67. The fourth-order valence-electron chi connectivity index (χ4n) is 1.86. The van der Waals surface area contributed by atoms with Gasteiger partial charge < -0.3 is 25.7 Å². The van der Waals surface area contributed by atoms with Crippen molar-refractivity contribution in [2.24, 2.45) is 0 Å². The maximum atomic E-state index is 11.3. The second-order valence-corrected chi connectivity index (χ2v) is 4.20. The van der Waals surface area contributed by atoms with Crippen LogP contribution in [0.15, 0.2) is 0 Å². The number of carbonyl (C=O) groups excluding carboxylic acids is 1. The average molecular weight is 233 g/mol. The summed E-state index contributed by atoms with van der Waals surface area (Å²) in [7, 11) is 0. The number of hydrogen-bond acceptors (Lipinski definition) is 5. The van der Waals surface area contributed by atoms with E-state index in [0.717, 1.165) is 0 Å². The summed E-state index contributed by atoms with van der Waals surface area (Å²) in [5.74, 6) is -0.234. The van der Waals surface area contributed by atoms with Crippen LogP contribution in [0, 0.1) is 0 Å². The number of aliphatic hydroxyl groups is 4. The maximum absolute atomic E-state index is 11.3. The molecule has 1 fully saturated rings. The van der Waals surface area contributed by atoms with E-state index in [2.05, 4.69) is 5.32 Å². The molecule has 94 valence electrons. The van der Waals surface area contributed by atoms with Crippen LogP contribution in [0.1, 0.15) is 26.2 Å². The molecule has 5 atom stereocenters. The SMILES string of the molecule is CCCC(=O)N[C@H]1C[C@@H](O)[C@H](O)[C@@H](O)[C@H]1O. The lowest BCUT2D eigenvalue weighted by Gasteiger charge is -2.38. The van der Waals surface area contributed by atoms with E-state index in [9.17, 15) is 25.2 Å². The first-order valence-corrected chi connectivity index (χ1v) is 5.49. The maximum Gasteiger partial charge on any atom is 0.220 e. The minimum Gasteiger partial charge on any atom is -0.390 e. The van der Waals surface area contributed by atoms with Gasteiger partial charge in [0.15, 0.2) is 0 Å². The highest BCUT2D eigenvalue weighted by molar-refractivity contribution is 5.76. The molecule has 0 aromatic heterocycles. The molecule has 1 rings (SSSR count). The summed E-state index contributed by atoms with van der Waals surface area (Å²) in [6, 6.07) is -0.715. The molecule has 6 nitrogen and oxygen atoms in total. The van der Waals surface area contributed by atoms with Gasteiger partial charge >= 0.3 is 0 Å². The highest BCUT2D eigenvalue weighted by atomic mass is 16.4. The first-order valence-electron chi connectivity index (χ1n) is 5.49. The molecule has 6 heteroatoms. The Morgan fingerprint density at radius 2 is 1.81 bits per heavy atom. The zero-order valence-corrected chi connectivity index (χ0v) is 9.21. The van der Waals surface area contributed by atoms with Crippen molar-refractivity contribution in [3.63, 3.8) is 0 Å². The van der Waals surface area contributed by atoms with E-state index in [1.54, 1.807) is 0 Å². The molecule has 1 amide bonds. The highest BCUT2D eigenvalue weighted by Gasteiger charge is 2.42. The molecule has 0 aromatic carbocycles. The Bertz CT molecular complexity index is 247. The Balaban J connectivity index is 2.57. The van der Waals surface area contributed by atoms with Crippen LogP contribution < -0.4 is 5.32 Å². The number of nitrogens with one attached hydrogen (secondary N) is 1. The zero-order chi connectivity index (χ0) is 12.3. The van der Waals surface area contributed by atoms with Crippen LogP contribution in [0.25, 0.3) is 0 Å². The molecule has 0 aromatic rings. The van der Waals surface area contributed by atoms with Gasteiger partial charge in [0.2, 0.25) is 5.91 Å². The third kappa shape index (κ3) is 2.91. The Morgan fingerprint density at radius 1 is 1.19 bits per heavy atom. The van der Waals surface area contributed by atoms with Crippen molar-refractivity contribution in [1.82, 2.24) is 5.32 Å². The average Bonchev–Trinajstić information content (AvgIpc) is 2.23. The number of carbonyl (C=O) groups is 1. The predicted molar refractivity (Wildman–Crippen MR) is 55.5 cm³/mol. The van der Waals surface area contributed by atoms with Crippen molar-refractivity contribution >= 4 is 5.91 Å². The summed E-state index contributed by atoms with van der Waals surface area (Å²) in [4.78, 5) is 11.3. The lowest BCUT2D eigenvalue weighted by Crippen LogP contribution is -2.60. The fraction of sp³-hybridized carbons (Fsp3) is 0.900. The third-order valence-corrected chi connectivity index (χ3v) is 2.83. The molecule has 0 unspecified atom stereocenters. The first kappa shape index (κ1) is 13.4. The molecule has 0 heterocycles. The number of aliphatic hydroxyl groups excluding tert-OH is 4. The van der Waals surface area contributed by atoms with Gasteiger partial charge in [-0.15, -0.1) is 0 Å². The van der Waals surface area contributed by atoms with E-state index >= 15 is 0 Å². The van der Waals surface area contributed by atoms with Crippen molar-refractivity contribution in [3.8, 4) is 0 Å². The molecule has 1 saturated carbocycles. The van der Waals surface area contributed by atoms with E-state index in [4.69, 9.17) is 0 Å². The van der Waals surface area contributed by atoms with Crippen LogP contribution in [0.4, 0.5) is 0 Å². The minimum atomic E-state index is -1.43. The molecule has 1 aliphatic rings. The number of rotatable bonds is 3. The summed E-state index contributed by atoms with van der Waals surface area (Å²) < 4.78 is 0. The van der Waals surface area contributed by atoms with Crippen molar-refractivity contribution in [2.45, 2.75) is 56.6 Å². The Labute approximate surface area is 93.9 Å². The number of amides is 1. The zero-order valence-electron chi connectivity index (χ0n) is 9.21. The summed E-state index contributed by atoms with van der Waals surface area (Å²) in [6.45, 7) is 1.85. The van der Waals surface area contributed by atoms with Gasteiger partial charge in [0.05, 0.1) is 12.1 Å². The van der Waals surface area contributed by atoms with E-state index in [1.165, 1.54) is 0 Å². The molecule has 0 aliphatic heterocycles. The second-order valence-electron chi connectivity index (χ2n) is 4.20. The summed E-state index contributed by atoms with van der Waals surface area (Å²) in [5, 5.41) is 40.3. The fourth-order valence-corrected chi connectivity index (χ4v) is 1.86. The number of hydrogen-bond donors (Lipinski definition) is 5. The molecular weight excluding hydrogens is 214 g/mol. The van der Waals surface area contributed by atoms with Crippen LogP contribution in [0.3, 0.4) is 0 Å². The van der Waals surface area contributed by atoms with Crippen LogP contribution in [0.2, 0.25) is 0 Å². The monoisotopic (exact) mass is 233 g/mol. The van der Waals surface area contributed by atoms with Crippen LogP contribution >= 0.6 is 0 Å². The van der Waals surface area contributed by atoms with E-state index in [1.807, 2.05) is 6.92 Å². The second kappa shape index (κ2) is 5.58. The largest absolute Gasteiger partial charge is 0.390 e. The normalized spacial score (nSPS) is 39.4. The van der Waals surface area contributed by atoms with Crippen molar-refractivity contribution in [2.75, 3.05) is 0 Å². The van der Waals surface area contributed by atoms with E-state index in [-0.39, 0.29) is 12.3 Å². The lowest BCUT2D eigenvalue weighted by atomic mass is 9.85. The quantitative estimate of drug-likeness (QED) is 0.392.